The van der Waals surface area contributed by atoms with Gasteiger partial charge in [0.25, 0.3) is 5.91 Å². The predicted molar refractivity (Wildman–Crippen MR) is 75.5 cm³/mol. The molecule has 0 unspecified atom stereocenters. The van der Waals surface area contributed by atoms with Crippen LogP contribution in [0.4, 0.5) is 5.69 Å². The number of phenolic OH excluding ortho intramolecular Hbond substituents is 2. The molecule has 0 heterocycles. The van der Waals surface area contributed by atoms with Gasteiger partial charge in [-0.05, 0) is 24.3 Å². The number of aromatic hydroxyl groups is 2. The Hall–Kier alpha value is -3.02. The van der Waals surface area contributed by atoms with Gasteiger partial charge in [-0.15, -0.1) is 0 Å². The molecule has 0 aromatic heterocycles. The van der Waals surface area contributed by atoms with Crippen molar-refractivity contribution in [1.82, 2.24) is 0 Å². The molecule has 0 saturated heterocycles. The predicted octanol–water partition coefficient (Wildman–Crippen LogP) is 1.83. The molecular formula is C15H13NO5. The number of carbonyl (C=O) groups is 2. The maximum atomic E-state index is 12.4. The minimum atomic E-state index is -1.19. The zero-order valence-corrected chi connectivity index (χ0v) is 10.9. The monoisotopic (exact) mass is 287 g/mol. The quantitative estimate of drug-likeness (QED) is 0.745. The van der Waals surface area contributed by atoms with Crippen molar-refractivity contribution in [3.63, 3.8) is 0 Å². The van der Waals surface area contributed by atoms with E-state index in [0.29, 0.717) is 5.69 Å². The number of aliphatic carboxylic acids is 1. The van der Waals surface area contributed by atoms with E-state index in [9.17, 15) is 19.8 Å². The maximum Gasteiger partial charge on any atom is 0.323 e. The lowest BCUT2D eigenvalue weighted by Crippen LogP contribution is -2.35. The van der Waals surface area contributed by atoms with E-state index >= 15 is 0 Å². The number of hydrogen-bond donors (Lipinski definition) is 3. The fraction of sp³-hybridized carbons (Fsp3) is 0.0667. The lowest BCUT2D eigenvalue weighted by atomic mass is 10.1. The summed E-state index contributed by atoms with van der Waals surface area (Å²) in [7, 11) is 0. The van der Waals surface area contributed by atoms with Gasteiger partial charge in [-0.25, -0.2) is 0 Å². The lowest BCUT2D eigenvalue weighted by molar-refractivity contribution is -0.135. The third-order valence-electron chi connectivity index (χ3n) is 2.85. The summed E-state index contributed by atoms with van der Waals surface area (Å²) in [5.41, 5.74) is 0.216. The minimum absolute atomic E-state index is 0.167. The molecule has 0 bridgehead atoms. The number of hydrogen-bond acceptors (Lipinski definition) is 4. The van der Waals surface area contributed by atoms with Crippen molar-refractivity contribution >= 4 is 17.6 Å². The normalized spacial score (nSPS) is 10.1. The number of carboxylic acid groups (broad SMARTS) is 1. The minimum Gasteiger partial charge on any atom is -0.504 e. The first kappa shape index (κ1) is 14.4. The van der Waals surface area contributed by atoms with Crippen LogP contribution in [0.2, 0.25) is 0 Å². The molecule has 0 saturated carbocycles. The second kappa shape index (κ2) is 5.96. The van der Waals surface area contributed by atoms with E-state index < -0.39 is 29.9 Å². The number of nitrogens with zero attached hydrogens (tertiary/aromatic N) is 1. The van der Waals surface area contributed by atoms with E-state index in [1.54, 1.807) is 30.3 Å². The Morgan fingerprint density at radius 3 is 2.24 bits per heavy atom. The van der Waals surface area contributed by atoms with Gasteiger partial charge in [0.15, 0.2) is 11.5 Å². The second-order valence-electron chi connectivity index (χ2n) is 4.29. The van der Waals surface area contributed by atoms with Crippen molar-refractivity contribution in [2.75, 3.05) is 11.4 Å². The van der Waals surface area contributed by atoms with Crippen LogP contribution in [-0.4, -0.2) is 33.7 Å². The Morgan fingerprint density at radius 1 is 0.952 bits per heavy atom. The molecule has 2 aromatic rings. The van der Waals surface area contributed by atoms with Crippen molar-refractivity contribution in [3.8, 4) is 11.5 Å². The largest absolute Gasteiger partial charge is 0.504 e. The molecular weight excluding hydrogens is 274 g/mol. The van der Waals surface area contributed by atoms with Gasteiger partial charge < -0.3 is 15.3 Å². The third-order valence-corrected chi connectivity index (χ3v) is 2.85. The molecule has 0 spiro atoms. The van der Waals surface area contributed by atoms with E-state index in [1.807, 2.05) is 0 Å². The molecule has 108 valence electrons. The van der Waals surface area contributed by atoms with Crippen LogP contribution in [0.5, 0.6) is 11.5 Å². The van der Waals surface area contributed by atoms with Crippen LogP contribution in [0.1, 0.15) is 10.4 Å². The van der Waals surface area contributed by atoms with Crippen LogP contribution in [0.15, 0.2) is 48.5 Å². The van der Waals surface area contributed by atoms with Crippen molar-refractivity contribution < 1.29 is 24.9 Å². The molecule has 1 amide bonds. The topological polar surface area (TPSA) is 98.1 Å². The number of para-hydroxylation sites is 2. The SMILES string of the molecule is O=C(O)CN(C(=O)c1cccc(O)c1O)c1ccccc1. The number of phenols is 2. The van der Waals surface area contributed by atoms with Crippen molar-refractivity contribution in [2.24, 2.45) is 0 Å². The molecule has 6 nitrogen and oxygen atoms in total. The summed E-state index contributed by atoms with van der Waals surface area (Å²) in [6.07, 6.45) is 0. The Bertz CT molecular complexity index is 669. The highest BCUT2D eigenvalue weighted by atomic mass is 16.4. The van der Waals surface area contributed by atoms with Gasteiger partial charge in [0, 0.05) is 5.69 Å². The van der Waals surface area contributed by atoms with Crippen LogP contribution in [0.25, 0.3) is 0 Å². The smallest absolute Gasteiger partial charge is 0.323 e. The van der Waals surface area contributed by atoms with Crippen molar-refractivity contribution in [3.05, 3.63) is 54.1 Å². The van der Waals surface area contributed by atoms with E-state index in [2.05, 4.69) is 0 Å². The zero-order valence-electron chi connectivity index (χ0n) is 10.9. The van der Waals surface area contributed by atoms with E-state index in [-0.39, 0.29) is 5.56 Å². The Labute approximate surface area is 120 Å². The number of carboxylic acids is 1. The van der Waals surface area contributed by atoms with Gasteiger partial charge in [0.2, 0.25) is 0 Å². The highest BCUT2D eigenvalue weighted by Gasteiger charge is 2.23. The van der Waals surface area contributed by atoms with E-state index in [4.69, 9.17) is 5.11 Å². The van der Waals surface area contributed by atoms with Gasteiger partial charge >= 0.3 is 5.97 Å². The second-order valence-corrected chi connectivity index (χ2v) is 4.29. The molecule has 0 aliphatic rings. The summed E-state index contributed by atoms with van der Waals surface area (Å²) in [5.74, 6) is -2.91. The summed E-state index contributed by atoms with van der Waals surface area (Å²) >= 11 is 0. The maximum absolute atomic E-state index is 12.4. The average molecular weight is 287 g/mol. The average Bonchev–Trinajstić information content (AvgIpc) is 2.48. The number of anilines is 1. The number of rotatable bonds is 4. The Morgan fingerprint density at radius 2 is 1.62 bits per heavy atom. The third kappa shape index (κ3) is 3.11. The van der Waals surface area contributed by atoms with Gasteiger partial charge in [-0.2, -0.15) is 0 Å². The van der Waals surface area contributed by atoms with Crippen LogP contribution < -0.4 is 4.90 Å². The highest BCUT2D eigenvalue weighted by Crippen LogP contribution is 2.30. The fourth-order valence-corrected chi connectivity index (χ4v) is 1.87. The van der Waals surface area contributed by atoms with Gasteiger partial charge in [0.1, 0.15) is 6.54 Å². The van der Waals surface area contributed by atoms with Crippen molar-refractivity contribution in [2.45, 2.75) is 0 Å². The van der Waals surface area contributed by atoms with Crippen LogP contribution in [0, 0.1) is 0 Å². The fourth-order valence-electron chi connectivity index (χ4n) is 1.87. The van der Waals surface area contributed by atoms with Crippen LogP contribution >= 0.6 is 0 Å². The summed E-state index contributed by atoms with van der Waals surface area (Å²) in [5, 5.41) is 28.2. The van der Waals surface area contributed by atoms with Gasteiger partial charge in [0.05, 0.1) is 5.56 Å². The van der Waals surface area contributed by atoms with Gasteiger partial charge in [-0.3, -0.25) is 14.5 Å². The lowest BCUT2D eigenvalue weighted by Gasteiger charge is -2.21. The Balaban J connectivity index is 2.44. The van der Waals surface area contributed by atoms with Crippen LogP contribution in [-0.2, 0) is 4.79 Å². The summed E-state index contributed by atoms with van der Waals surface area (Å²) in [6, 6.07) is 12.2. The molecule has 21 heavy (non-hydrogen) atoms. The molecule has 0 fully saturated rings. The van der Waals surface area contributed by atoms with Crippen LogP contribution in [0.3, 0.4) is 0 Å². The molecule has 3 N–H and O–H groups in total. The van der Waals surface area contributed by atoms with Gasteiger partial charge in [-0.1, -0.05) is 24.3 Å². The summed E-state index contributed by atoms with van der Waals surface area (Å²) in [4.78, 5) is 24.4. The zero-order chi connectivity index (χ0) is 15.4. The molecule has 0 radical (unpaired) electrons. The number of carbonyl (C=O) groups excluding carboxylic acids is 1. The molecule has 2 rings (SSSR count). The van der Waals surface area contributed by atoms with E-state index in [0.717, 1.165) is 4.90 Å². The standard InChI is InChI=1S/C15H13NO5/c17-12-8-4-7-11(14(12)20)15(21)16(9-13(18)19)10-5-2-1-3-6-10/h1-8,17,20H,9H2,(H,18,19). The molecule has 0 atom stereocenters. The first-order valence-corrected chi connectivity index (χ1v) is 6.10. The Kier molecular flexibility index (Phi) is 4.08. The number of amides is 1. The highest BCUT2D eigenvalue weighted by molar-refractivity contribution is 6.10. The molecule has 6 heteroatoms. The van der Waals surface area contributed by atoms with E-state index in [1.165, 1.54) is 18.2 Å². The number of benzene rings is 2. The first-order chi connectivity index (χ1) is 10.0. The van der Waals surface area contributed by atoms with Crippen molar-refractivity contribution in [1.29, 1.82) is 0 Å². The molecule has 0 aliphatic heterocycles. The molecule has 0 aliphatic carbocycles. The summed E-state index contributed by atoms with van der Waals surface area (Å²) in [6.45, 7) is -0.558. The first-order valence-electron chi connectivity index (χ1n) is 6.10. The summed E-state index contributed by atoms with van der Waals surface area (Å²) < 4.78 is 0. The molecule has 2 aromatic carbocycles.